The zero-order valence-corrected chi connectivity index (χ0v) is 11.0. The predicted molar refractivity (Wildman–Crippen MR) is 74.7 cm³/mol. The summed E-state index contributed by atoms with van der Waals surface area (Å²) < 4.78 is 5.94. The Morgan fingerprint density at radius 1 is 1.42 bits per heavy atom. The van der Waals surface area contributed by atoms with Gasteiger partial charge in [0.15, 0.2) is 0 Å². The monoisotopic (exact) mass is 273 g/mol. The second kappa shape index (κ2) is 4.51. The number of aromatic nitrogens is 1. The lowest BCUT2D eigenvalue weighted by Gasteiger charge is -2.04. The van der Waals surface area contributed by atoms with Gasteiger partial charge < -0.3 is 9.84 Å². The van der Waals surface area contributed by atoms with Gasteiger partial charge in [0.1, 0.15) is 16.1 Å². The summed E-state index contributed by atoms with van der Waals surface area (Å²) in [5.41, 5.74) is 0.109. The van der Waals surface area contributed by atoms with Crippen LogP contribution in [-0.2, 0) is 4.74 Å². The van der Waals surface area contributed by atoms with Crippen LogP contribution in [0.15, 0.2) is 30.5 Å². The molecule has 2 heterocycles. The molecule has 4 nitrogen and oxygen atoms in total. The molecule has 2 aromatic heterocycles. The van der Waals surface area contributed by atoms with Crippen molar-refractivity contribution in [3.8, 4) is 5.75 Å². The van der Waals surface area contributed by atoms with E-state index in [-0.39, 0.29) is 17.9 Å². The molecule has 0 fully saturated rings. The molecule has 0 spiro atoms. The molecule has 3 rings (SSSR count). The summed E-state index contributed by atoms with van der Waals surface area (Å²) in [6.45, 7) is 1.99. The molecule has 0 amide bonds. The van der Waals surface area contributed by atoms with Gasteiger partial charge in [-0.15, -0.1) is 11.3 Å². The van der Waals surface area contributed by atoms with Gasteiger partial charge in [0.2, 0.25) is 0 Å². The largest absolute Gasteiger partial charge is 0.506 e. The lowest BCUT2D eigenvalue weighted by molar-refractivity contribution is 0.0523. The third kappa shape index (κ3) is 1.82. The standard InChI is InChI=1S/C14H11NO3S/c1-2-18-14(17)9-7-15-13-11(12(9)16)8-5-3-4-6-10(8)19-13/h3-7H,2H2,1H3,(H,15,16). The van der Waals surface area contributed by atoms with Gasteiger partial charge in [0.05, 0.1) is 12.0 Å². The maximum Gasteiger partial charge on any atom is 0.343 e. The summed E-state index contributed by atoms with van der Waals surface area (Å²) in [4.78, 5) is 16.7. The average Bonchev–Trinajstić information content (AvgIpc) is 2.78. The van der Waals surface area contributed by atoms with Gasteiger partial charge in [-0.1, -0.05) is 18.2 Å². The van der Waals surface area contributed by atoms with Crippen LogP contribution in [-0.4, -0.2) is 22.7 Å². The number of carbonyl (C=O) groups is 1. The fourth-order valence-corrected chi connectivity index (χ4v) is 3.08. The second-order valence-corrected chi connectivity index (χ2v) is 5.05. The summed E-state index contributed by atoms with van der Waals surface area (Å²) in [5, 5.41) is 11.8. The van der Waals surface area contributed by atoms with Crippen LogP contribution in [0.5, 0.6) is 5.75 Å². The van der Waals surface area contributed by atoms with Crippen molar-refractivity contribution in [3.63, 3.8) is 0 Å². The maximum atomic E-state index is 11.7. The molecule has 0 saturated carbocycles. The zero-order valence-electron chi connectivity index (χ0n) is 10.2. The van der Waals surface area contributed by atoms with Crippen LogP contribution in [0, 0.1) is 0 Å². The van der Waals surface area contributed by atoms with E-state index in [0.717, 1.165) is 10.1 Å². The van der Waals surface area contributed by atoms with Crippen molar-refractivity contribution in [1.82, 2.24) is 4.98 Å². The van der Waals surface area contributed by atoms with Crippen LogP contribution in [0.3, 0.4) is 0 Å². The highest BCUT2D eigenvalue weighted by molar-refractivity contribution is 7.25. The summed E-state index contributed by atoms with van der Waals surface area (Å²) in [7, 11) is 0. The molecule has 1 N–H and O–H groups in total. The van der Waals surface area contributed by atoms with Gasteiger partial charge in [-0.2, -0.15) is 0 Å². The van der Waals surface area contributed by atoms with E-state index in [4.69, 9.17) is 4.74 Å². The van der Waals surface area contributed by atoms with E-state index in [1.54, 1.807) is 6.92 Å². The number of hydrogen-bond donors (Lipinski definition) is 1. The molecule has 0 saturated heterocycles. The Labute approximate surface area is 113 Å². The number of aromatic hydroxyl groups is 1. The number of nitrogens with zero attached hydrogens (tertiary/aromatic N) is 1. The molecule has 0 aliphatic rings. The minimum atomic E-state index is -0.551. The van der Waals surface area contributed by atoms with Crippen LogP contribution in [0.1, 0.15) is 17.3 Å². The van der Waals surface area contributed by atoms with Crippen LogP contribution < -0.4 is 0 Å². The predicted octanol–water partition coefficient (Wildman–Crippen LogP) is 3.33. The Hall–Kier alpha value is -2.14. The molecule has 96 valence electrons. The molecule has 19 heavy (non-hydrogen) atoms. The lowest BCUT2D eigenvalue weighted by atomic mass is 10.1. The van der Waals surface area contributed by atoms with Crippen molar-refractivity contribution in [2.45, 2.75) is 6.92 Å². The molecule has 0 radical (unpaired) electrons. The van der Waals surface area contributed by atoms with Gasteiger partial charge in [-0.3, -0.25) is 0 Å². The number of benzene rings is 1. The number of carbonyl (C=O) groups excluding carboxylic acids is 1. The summed E-state index contributed by atoms with van der Waals surface area (Å²) in [5.74, 6) is -0.606. The van der Waals surface area contributed by atoms with Crippen LogP contribution >= 0.6 is 11.3 Å². The SMILES string of the molecule is CCOC(=O)c1cnc2sc3ccccc3c2c1O. The number of fused-ring (bicyclic) bond motifs is 3. The first kappa shape index (κ1) is 11.9. The van der Waals surface area contributed by atoms with E-state index in [1.807, 2.05) is 24.3 Å². The zero-order chi connectivity index (χ0) is 13.4. The van der Waals surface area contributed by atoms with E-state index in [2.05, 4.69) is 4.98 Å². The third-order valence-electron chi connectivity index (χ3n) is 2.88. The third-order valence-corrected chi connectivity index (χ3v) is 3.95. The first-order valence-electron chi connectivity index (χ1n) is 5.88. The van der Waals surface area contributed by atoms with Gasteiger partial charge in [-0.25, -0.2) is 9.78 Å². The minimum Gasteiger partial charge on any atom is -0.506 e. The van der Waals surface area contributed by atoms with Gasteiger partial charge in [-0.05, 0) is 13.0 Å². The average molecular weight is 273 g/mol. The molecule has 3 aromatic rings. The van der Waals surface area contributed by atoms with E-state index in [0.29, 0.717) is 10.2 Å². The fraction of sp³-hybridized carbons (Fsp3) is 0.143. The quantitative estimate of drug-likeness (QED) is 0.727. The summed E-state index contributed by atoms with van der Waals surface area (Å²) in [6, 6.07) is 7.70. The van der Waals surface area contributed by atoms with Crippen molar-refractivity contribution in [2.24, 2.45) is 0 Å². The lowest BCUT2D eigenvalue weighted by Crippen LogP contribution is -2.05. The Kier molecular flexibility index (Phi) is 2.83. The van der Waals surface area contributed by atoms with E-state index >= 15 is 0 Å². The van der Waals surface area contributed by atoms with Crippen molar-refractivity contribution >= 4 is 37.6 Å². The first-order valence-corrected chi connectivity index (χ1v) is 6.70. The fourth-order valence-electron chi connectivity index (χ4n) is 2.03. The van der Waals surface area contributed by atoms with E-state index in [1.165, 1.54) is 17.5 Å². The van der Waals surface area contributed by atoms with Crippen molar-refractivity contribution in [3.05, 3.63) is 36.0 Å². The number of thiophene rings is 1. The topological polar surface area (TPSA) is 59.4 Å². The minimum absolute atomic E-state index is 0.0547. The van der Waals surface area contributed by atoms with Crippen LogP contribution in [0.25, 0.3) is 20.3 Å². The van der Waals surface area contributed by atoms with Gasteiger partial charge in [0.25, 0.3) is 0 Å². The highest BCUT2D eigenvalue weighted by atomic mass is 32.1. The number of rotatable bonds is 2. The molecular weight excluding hydrogens is 262 g/mol. The van der Waals surface area contributed by atoms with Crippen LogP contribution in [0.4, 0.5) is 0 Å². The molecule has 0 bridgehead atoms. The van der Waals surface area contributed by atoms with Gasteiger partial charge in [0, 0.05) is 16.3 Å². The molecule has 0 unspecified atom stereocenters. The van der Waals surface area contributed by atoms with Crippen molar-refractivity contribution < 1.29 is 14.6 Å². The Balaban J connectivity index is 2.31. The van der Waals surface area contributed by atoms with Crippen LogP contribution in [0.2, 0.25) is 0 Å². The summed E-state index contributed by atoms with van der Waals surface area (Å²) >= 11 is 1.49. The van der Waals surface area contributed by atoms with E-state index < -0.39 is 5.97 Å². The molecule has 0 aliphatic heterocycles. The molecule has 1 aromatic carbocycles. The highest BCUT2D eigenvalue weighted by Gasteiger charge is 2.18. The molecule has 5 heteroatoms. The van der Waals surface area contributed by atoms with Crippen molar-refractivity contribution in [2.75, 3.05) is 6.61 Å². The second-order valence-electron chi connectivity index (χ2n) is 4.02. The van der Waals surface area contributed by atoms with Crippen molar-refractivity contribution in [1.29, 1.82) is 0 Å². The molecule has 0 atom stereocenters. The number of esters is 1. The normalized spacial score (nSPS) is 11.0. The number of hydrogen-bond acceptors (Lipinski definition) is 5. The number of pyridine rings is 1. The summed E-state index contributed by atoms with van der Waals surface area (Å²) in [6.07, 6.45) is 1.37. The first-order chi connectivity index (χ1) is 9.22. The smallest absolute Gasteiger partial charge is 0.343 e. The Morgan fingerprint density at radius 2 is 2.21 bits per heavy atom. The molecular formula is C14H11NO3S. The number of ether oxygens (including phenoxy) is 1. The molecule has 0 aliphatic carbocycles. The Morgan fingerprint density at radius 3 is 3.00 bits per heavy atom. The van der Waals surface area contributed by atoms with E-state index in [9.17, 15) is 9.90 Å². The maximum absolute atomic E-state index is 11.7. The van der Waals surface area contributed by atoms with Gasteiger partial charge >= 0.3 is 5.97 Å². The Bertz CT molecular complexity index is 779. The highest BCUT2D eigenvalue weighted by Crippen LogP contribution is 2.39.